The molecule has 0 saturated carbocycles. The van der Waals surface area contributed by atoms with Crippen LogP contribution >= 0.6 is 11.6 Å². The molecule has 5 heteroatoms. The van der Waals surface area contributed by atoms with Gasteiger partial charge in [0.15, 0.2) is 0 Å². The minimum atomic E-state index is 0.0845. The molecule has 0 bridgehead atoms. The molecule has 3 rings (SSSR count). The number of aromatic nitrogens is 1. The van der Waals surface area contributed by atoms with Crippen molar-refractivity contribution in [3.63, 3.8) is 0 Å². The lowest BCUT2D eigenvalue weighted by atomic mass is 10.1. The number of carbonyl (C=O) groups is 1. The lowest BCUT2D eigenvalue weighted by molar-refractivity contribution is -0.121. The van der Waals surface area contributed by atoms with E-state index in [1.165, 1.54) is 5.56 Å². The maximum atomic E-state index is 12.2. The first-order chi connectivity index (χ1) is 12.2. The number of amides is 1. The summed E-state index contributed by atoms with van der Waals surface area (Å²) in [6.45, 7) is 2.96. The van der Waals surface area contributed by atoms with Crippen LogP contribution in [0.4, 0.5) is 0 Å². The number of hydrogen-bond donors (Lipinski definition) is 1. The van der Waals surface area contributed by atoms with Crippen molar-refractivity contribution in [2.45, 2.75) is 38.3 Å². The molecule has 0 spiro atoms. The Morgan fingerprint density at radius 2 is 2.08 bits per heavy atom. The zero-order valence-electron chi connectivity index (χ0n) is 14.3. The Bertz CT molecular complexity index is 692. The Morgan fingerprint density at radius 3 is 2.88 bits per heavy atom. The van der Waals surface area contributed by atoms with E-state index in [2.05, 4.69) is 21.3 Å². The van der Waals surface area contributed by atoms with Gasteiger partial charge in [0.1, 0.15) is 0 Å². The summed E-state index contributed by atoms with van der Waals surface area (Å²) in [7, 11) is 0. The summed E-state index contributed by atoms with van der Waals surface area (Å²) in [4.78, 5) is 18.7. The van der Waals surface area contributed by atoms with Crippen LogP contribution in [0.5, 0.6) is 0 Å². The Balaban J connectivity index is 1.47. The summed E-state index contributed by atoms with van der Waals surface area (Å²) in [5.74, 6) is 0.0845. The van der Waals surface area contributed by atoms with E-state index >= 15 is 0 Å². The van der Waals surface area contributed by atoms with Crippen LogP contribution in [0.3, 0.4) is 0 Å². The lowest BCUT2D eigenvalue weighted by Crippen LogP contribution is -2.36. The van der Waals surface area contributed by atoms with Crippen LogP contribution in [-0.2, 0) is 17.8 Å². The number of pyridine rings is 1. The average Bonchev–Trinajstić information content (AvgIpc) is 2.81. The second-order valence-electron chi connectivity index (χ2n) is 6.64. The van der Waals surface area contributed by atoms with E-state index < -0.39 is 0 Å². The molecule has 1 amide bonds. The van der Waals surface area contributed by atoms with Gasteiger partial charge in [-0.2, -0.15) is 0 Å². The molecule has 0 radical (unpaired) electrons. The van der Waals surface area contributed by atoms with E-state index in [0.717, 1.165) is 49.5 Å². The molecule has 2 heterocycles. The van der Waals surface area contributed by atoms with Crippen molar-refractivity contribution in [1.29, 1.82) is 0 Å². The molecule has 4 nitrogen and oxygen atoms in total. The second kappa shape index (κ2) is 8.97. The van der Waals surface area contributed by atoms with Gasteiger partial charge >= 0.3 is 0 Å². The smallest absolute Gasteiger partial charge is 0.224 e. The number of hydrogen-bond acceptors (Lipinski definition) is 3. The monoisotopic (exact) mass is 357 g/mol. The number of nitrogens with zero attached hydrogens (tertiary/aromatic N) is 2. The Morgan fingerprint density at radius 1 is 1.20 bits per heavy atom. The SMILES string of the molecule is O=C(Cc1cccnc1)N[C@H]1CCCN(Cc2cccc(Cl)c2)CC1. The molecule has 1 aromatic carbocycles. The standard InChI is InChI=1S/C20H24ClN3O/c21-18-6-1-4-17(12-18)15-24-10-3-7-19(8-11-24)23-20(25)13-16-5-2-9-22-14-16/h1-2,4-6,9,12,14,19H,3,7-8,10-11,13,15H2,(H,23,25)/t19-/m0/s1. The molecule has 1 aliphatic heterocycles. The van der Waals surface area contributed by atoms with Gasteiger partial charge in [0.25, 0.3) is 0 Å². The number of likely N-dealkylation sites (tertiary alicyclic amines) is 1. The highest BCUT2D eigenvalue weighted by molar-refractivity contribution is 6.30. The third-order valence-corrected chi connectivity index (χ3v) is 4.80. The predicted molar refractivity (Wildman–Crippen MR) is 100 cm³/mol. The van der Waals surface area contributed by atoms with E-state index in [9.17, 15) is 4.79 Å². The number of benzene rings is 1. The highest BCUT2D eigenvalue weighted by Gasteiger charge is 2.19. The van der Waals surface area contributed by atoms with E-state index in [-0.39, 0.29) is 11.9 Å². The molecule has 1 aliphatic rings. The molecule has 25 heavy (non-hydrogen) atoms. The average molecular weight is 358 g/mol. The minimum Gasteiger partial charge on any atom is -0.353 e. The zero-order chi connectivity index (χ0) is 17.5. The van der Waals surface area contributed by atoms with Gasteiger partial charge in [-0.25, -0.2) is 0 Å². The molecule has 1 saturated heterocycles. The summed E-state index contributed by atoms with van der Waals surface area (Å²) in [6.07, 6.45) is 6.99. The van der Waals surface area contributed by atoms with Crippen LogP contribution in [0, 0.1) is 0 Å². The summed E-state index contributed by atoms with van der Waals surface area (Å²) in [6, 6.07) is 12.1. The van der Waals surface area contributed by atoms with E-state index in [4.69, 9.17) is 11.6 Å². The van der Waals surface area contributed by atoms with Crippen molar-refractivity contribution >= 4 is 17.5 Å². The van der Waals surface area contributed by atoms with Crippen LogP contribution in [-0.4, -0.2) is 34.9 Å². The van der Waals surface area contributed by atoms with Gasteiger partial charge in [0.05, 0.1) is 6.42 Å². The molecule has 1 atom stereocenters. The van der Waals surface area contributed by atoms with Gasteiger partial charge in [0.2, 0.25) is 5.91 Å². The van der Waals surface area contributed by atoms with Gasteiger partial charge in [-0.1, -0.05) is 29.8 Å². The quantitative estimate of drug-likeness (QED) is 0.891. The number of rotatable bonds is 5. The van der Waals surface area contributed by atoms with Crippen LogP contribution < -0.4 is 5.32 Å². The van der Waals surface area contributed by atoms with Crippen molar-refractivity contribution in [3.05, 3.63) is 64.9 Å². The summed E-state index contributed by atoms with van der Waals surface area (Å²) < 4.78 is 0. The molecule has 132 valence electrons. The van der Waals surface area contributed by atoms with Crippen LogP contribution in [0.25, 0.3) is 0 Å². The molecular formula is C20H24ClN3O. The fourth-order valence-electron chi connectivity index (χ4n) is 3.32. The zero-order valence-corrected chi connectivity index (χ0v) is 15.1. The van der Waals surface area contributed by atoms with Crippen molar-refractivity contribution in [2.24, 2.45) is 0 Å². The molecule has 0 aliphatic carbocycles. The first kappa shape index (κ1) is 17.9. The van der Waals surface area contributed by atoms with Gasteiger partial charge in [-0.15, -0.1) is 0 Å². The van der Waals surface area contributed by atoms with Gasteiger partial charge in [0, 0.05) is 36.5 Å². The molecule has 1 fully saturated rings. The minimum absolute atomic E-state index is 0.0845. The van der Waals surface area contributed by atoms with Crippen LogP contribution in [0.15, 0.2) is 48.8 Å². The van der Waals surface area contributed by atoms with Crippen molar-refractivity contribution in [2.75, 3.05) is 13.1 Å². The summed E-state index contributed by atoms with van der Waals surface area (Å²) in [5.41, 5.74) is 2.20. The first-order valence-electron chi connectivity index (χ1n) is 8.84. The highest BCUT2D eigenvalue weighted by atomic mass is 35.5. The number of nitrogens with one attached hydrogen (secondary N) is 1. The van der Waals surface area contributed by atoms with Crippen molar-refractivity contribution in [3.8, 4) is 0 Å². The normalized spacial score (nSPS) is 18.5. The Hall–Kier alpha value is -1.91. The third kappa shape index (κ3) is 5.83. The Kier molecular flexibility index (Phi) is 6.42. The fourth-order valence-corrected chi connectivity index (χ4v) is 3.53. The Labute approximate surface area is 154 Å². The topological polar surface area (TPSA) is 45.2 Å². The van der Waals surface area contributed by atoms with Crippen molar-refractivity contribution in [1.82, 2.24) is 15.2 Å². The molecule has 1 N–H and O–H groups in total. The highest BCUT2D eigenvalue weighted by Crippen LogP contribution is 2.16. The third-order valence-electron chi connectivity index (χ3n) is 4.57. The first-order valence-corrected chi connectivity index (χ1v) is 9.22. The van der Waals surface area contributed by atoms with Crippen molar-refractivity contribution < 1.29 is 4.79 Å². The lowest BCUT2D eigenvalue weighted by Gasteiger charge is -2.20. The molecular weight excluding hydrogens is 334 g/mol. The molecule has 0 unspecified atom stereocenters. The largest absolute Gasteiger partial charge is 0.353 e. The van der Waals surface area contributed by atoms with E-state index in [0.29, 0.717) is 6.42 Å². The maximum absolute atomic E-state index is 12.2. The van der Waals surface area contributed by atoms with Gasteiger partial charge in [-0.3, -0.25) is 14.7 Å². The van der Waals surface area contributed by atoms with Gasteiger partial charge in [-0.05, 0) is 55.1 Å². The second-order valence-corrected chi connectivity index (χ2v) is 7.08. The van der Waals surface area contributed by atoms with Crippen LogP contribution in [0.2, 0.25) is 5.02 Å². The number of carbonyl (C=O) groups excluding carboxylic acids is 1. The fraction of sp³-hybridized carbons (Fsp3) is 0.400. The molecule has 2 aromatic rings. The van der Waals surface area contributed by atoms with Crippen LogP contribution in [0.1, 0.15) is 30.4 Å². The predicted octanol–water partition coefficient (Wildman–Crippen LogP) is 3.45. The summed E-state index contributed by atoms with van der Waals surface area (Å²) in [5, 5.41) is 3.97. The van der Waals surface area contributed by atoms with E-state index in [1.54, 1.807) is 12.4 Å². The maximum Gasteiger partial charge on any atom is 0.224 e. The molecule has 1 aromatic heterocycles. The number of halogens is 1. The summed E-state index contributed by atoms with van der Waals surface area (Å²) >= 11 is 6.07. The van der Waals surface area contributed by atoms with E-state index in [1.807, 2.05) is 30.3 Å². The van der Waals surface area contributed by atoms with Gasteiger partial charge < -0.3 is 5.32 Å².